The van der Waals surface area contributed by atoms with Crippen LogP contribution in [0.25, 0.3) is 0 Å². The summed E-state index contributed by atoms with van der Waals surface area (Å²) < 4.78 is 0. The highest BCUT2D eigenvalue weighted by Gasteiger charge is 1.92. The van der Waals surface area contributed by atoms with E-state index in [1.165, 1.54) is 0 Å². The number of carbonyl (C=O) groups is 1. The van der Waals surface area contributed by atoms with Crippen LogP contribution in [0.4, 0.5) is 0 Å². The molecule has 4 heteroatoms. The van der Waals surface area contributed by atoms with Gasteiger partial charge in [-0.05, 0) is 0 Å². The Morgan fingerprint density at radius 2 is 2.29 bits per heavy atom. The van der Waals surface area contributed by atoms with Crippen molar-refractivity contribution in [3.63, 3.8) is 0 Å². The third-order valence-corrected chi connectivity index (χ3v) is 0.417. The zero-order valence-corrected chi connectivity index (χ0v) is 3.63. The minimum Gasteiger partial charge on any atom is -0.481 e. The predicted octanol–water partition coefficient (Wildman–Crippen LogP) is 0.227. The Morgan fingerprint density at radius 3 is 2.43 bits per heavy atom. The molecule has 0 aromatic heterocycles. The Kier molecular flexibility index (Phi) is 2.83. The molecular weight excluding hydrogens is 98.0 g/mol. The van der Waals surface area contributed by atoms with Crippen molar-refractivity contribution in [2.45, 2.75) is 6.42 Å². The molecule has 0 aromatic rings. The van der Waals surface area contributed by atoms with E-state index in [4.69, 9.17) is 5.11 Å². The maximum atomic E-state index is 9.56. The molecule has 0 aliphatic carbocycles. The number of hydrogen-bond acceptors (Lipinski definition) is 3. The van der Waals surface area contributed by atoms with Gasteiger partial charge in [0.15, 0.2) is 0 Å². The average molecular weight is 103 g/mol. The van der Waals surface area contributed by atoms with Crippen LogP contribution in [0.2, 0.25) is 0 Å². The van der Waals surface area contributed by atoms with Crippen LogP contribution in [0.5, 0.6) is 0 Å². The number of aliphatic carboxylic acids is 1. The largest absolute Gasteiger partial charge is 0.481 e. The van der Waals surface area contributed by atoms with Crippen molar-refractivity contribution in [3.05, 3.63) is 4.91 Å². The van der Waals surface area contributed by atoms with Gasteiger partial charge in [-0.2, -0.15) is 4.91 Å². The van der Waals surface area contributed by atoms with E-state index in [-0.39, 0.29) is 13.0 Å². The highest BCUT2D eigenvalue weighted by molar-refractivity contribution is 5.66. The molecule has 0 radical (unpaired) electrons. The minimum absolute atomic E-state index is 0.130. The summed E-state index contributed by atoms with van der Waals surface area (Å²) in [5, 5.41) is 10.2. The summed E-state index contributed by atoms with van der Waals surface area (Å²) in [7, 11) is 0. The SMILES string of the molecule is O=NCCC(=O)O. The van der Waals surface area contributed by atoms with Crippen molar-refractivity contribution in [1.82, 2.24) is 0 Å². The summed E-state index contributed by atoms with van der Waals surface area (Å²) in [6, 6.07) is 0. The Labute approximate surface area is 40.1 Å². The van der Waals surface area contributed by atoms with E-state index >= 15 is 0 Å². The van der Waals surface area contributed by atoms with E-state index in [1.807, 2.05) is 0 Å². The molecule has 0 atom stereocenters. The maximum absolute atomic E-state index is 9.56. The van der Waals surface area contributed by atoms with Gasteiger partial charge in [-0.1, -0.05) is 5.18 Å². The highest BCUT2D eigenvalue weighted by atomic mass is 16.4. The van der Waals surface area contributed by atoms with Gasteiger partial charge < -0.3 is 5.11 Å². The molecule has 40 valence electrons. The Hall–Kier alpha value is -0.930. The lowest BCUT2D eigenvalue weighted by molar-refractivity contribution is -0.136. The number of carboxylic acid groups (broad SMARTS) is 1. The molecule has 0 bridgehead atoms. The molecule has 0 saturated carbocycles. The summed E-state index contributed by atoms with van der Waals surface area (Å²) in [5.74, 6) is -0.986. The number of nitroso groups, excluding NO2 is 1. The summed E-state index contributed by atoms with van der Waals surface area (Å²) >= 11 is 0. The molecule has 0 aliphatic rings. The highest BCUT2D eigenvalue weighted by Crippen LogP contribution is 1.76. The van der Waals surface area contributed by atoms with Crippen molar-refractivity contribution in [2.24, 2.45) is 5.18 Å². The molecule has 0 aromatic carbocycles. The smallest absolute Gasteiger partial charge is 0.305 e. The number of rotatable bonds is 3. The van der Waals surface area contributed by atoms with Gasteiger partial charge in [0.1, 0.15) is 0 Å². The quantitative estimate of drug-likeness (QED) is 0.520. The zero-order valence-electron chi connectivity index (χ0n) is 3.63. The summed E-state index contributed by atoms with van der Waals surface area (Å²) in [6.07, 6.45) is -0.163. The van der Waals surface area contributed by atoms with Crippen LogP contribution < -0.4 is 0 Å². The van der Waals surface area contributed by atoms with Crippen LogP contribution in [0.3, 0.4) is 0 Å². The number of hydrogen-bond donors (Lipinski definition) is 1. The molecule has 0 unspecified atom stereocenters. The van der Waals surface area contributed by atoms with Gasteiger partial charge in [0, 0.05) is 0 Å². The first kappa shape index (κ1) is 6.07. The van der Waals surface area contributed by atoms with Crippen molar-refractivity contribution in [2.75, 3.05) is 6.54 Å². The Balaban J connectivity index is 2.97. The van der Waals surface area contributed by atoms with Crippen LogP contribution in [-0.2, 0) is 4.79 Å². The molecule has 0 saturated heterocycles. The van der Waals surface area contributed by atoms with Crippen LogP contribution in [0.1, 0.15) is 6.42 Å². The van der Waals surface area contributed by atoms with Gasteiger partial charge in [-0.3, -0.25) is 4.79 Å². The second-order valence-electron chi connectivity index (χ2n) is 0.996. The first-order valence-electron chi connectivity index (χ1n) is 1.78. The van der Waals surface area contributed by atoms with Crippen molar-refractivity contribution < 1.29 is 9.90 Å². The molecule has 0 rings (SSSR count). The lowest BCUT2D eigenvalue weighted by Crippen LogP contribution is -1.95. The van der Waals surface area contributed by atoms with Gasteiger partial charge in [0.05, 0.1) is 13.0 Å². The number of nitrogens with zero attached hydrogens (tertiary/aromatic N) is 1. The standard InChI is InChI=1S/C3H5NO3/c5-3(6)1-2-4-7/h1-2H2,(H,5,6). The fraction of sp³-hybridized carbons (Fsp3) is 0.667. The fourth-order valence-corrected chi connectivity index (χ4v) is 0.141. The first-order valence-corrected chi connectivity index (χ1v) is 1.78. The molecule has 4 nitrogen and oxygen atoms in total. The molecular formula is C3H5NO3. The van der Waals surface area contributed by atoms with Crippen LogP contribution in [0, 0.1) is 4.91 Å². The lowest BCUT2D eigenvalue weighted by Gasteiger charge is -1.79. The predicted molar refractivity (Wildman–Crippen MR) is 22.9 cm³/mol. The molecule has 0 amide bonds. The van der Waals surface area contributed by atoms with Gasteiger partial charge >= 0.3 is 5.97 Å². The van der Waals surface area contributed by atoms with E-state index in [0.717, 1.165) is 0 Å². The summed E-state index contributed by atoms with van der Waals surface area (Å²) in [5.41, 5.74) is 0. The van der Waals surface area contributed by atoms with Gasteiger partial charge in [0.25, 0.3) is 0 Å². The third kappa shape index (κ3) is 5.07. The molecule has 0 spiro atoms. The minimum atomic E-state index is -0.986. The summed E-state index contributed by atoms with van der Waals surface area (Å²) in [4.78, 5) is 18.8. The second-order valence-corrected chi connectivity index (χ2v) is 0.996. The van der Waals surface area contributed by atoms with Crippen LogP contribution >= 0.6 is 0 Å². The second kappa shape index (κ2) is 3.27. The summed E-state index contributed by atoms with van der Waals surface area (Å²) in [6.45, 7) is -0.130. The lowest BCUT2D eigenvalue weighted by atomic mass is 10.5. The van der Waals surface area contributed by atoms with Gasteiger partial charge in [0.2, 0.25) is 0 Å². The fourth-order valence-electron chi connectivity index (χ4n) is 0.141. The maximum Gasteiger partial charge on any atom is 0.305 e. The third-order valence-electron chi connectivity index (χ3n) is 0.417. The van der Waals surface area contributed by atoms with E-state index in [9.17, 15) is 9.70 Å². The zero-order chi connectivity index (χ0) is 5.70. The van der Waals surface area contributed by atoms with Crippen molar-refractivity contribution in [3.8, 4) is 0 Å². The van der Waals surface area contributed by atoms with Crippen LogP contribution in [-0.4, -0.2) is 17.6 Å². The van der Waals surface area contributed by atoms with E-state index in [0.29, 0.717) is 0 Å². The topological polar surface area (TPSA) is 66.7 Å². The monoisotopic (exact) mass is 103 g/mol. The van der Waals surface area contributed by atoms with E-state index < -0.39 is 5.97 Å². The van der Waals surface area contributed by atoms with Crippen molar-refractivity contribution >= 4 is 5.97 Å². The van der Waals surface area contributed by atoms with Crippen LogP contribution in [0.15, 0.2) is 5.18 Å². The van der Waals surface area contributed by atoms with E-state index in [2.05, 4.69) is 5.18 Å². The van der Waals surface area contributed by atoms with E-state index in [1.54, 1.807) is 0 Å². The normalized spacial score (nSPS) is 8.00. The van der Waals surface area contributed by atoms with Crippen molar-refractivity contribution in [1.29, 1.82) is 0 Å². The molecule has 0 fully saturated rings. The molecule has 0 heterocycles. The molecule has 0 aliphatic heterocycles. The molecule has 7 heavy (non-hydrogen) atoms. The van der Waals surface area contributed by atoms with Gasteiger partial charge in [-0.25, -0.2) is 0 Å². The first-order chi connectivity index (χ1) is 3.27. The average Bonchev–Trinajstić information content (AvgIpc) is 1.61. The Bertz CT molecular complexity index is 80.2. The number of carboxylic acids is 1. The Morgan fingerprint density at radius 1 is 1.71 bits per heavy atom. The molecule has 1 N–H and O–H groups in total. The van der Waals surface area contributed by atoms with Gasteiger partial charge in [-0.15, -0.1) is 0 Å².